The Balaban J connectivity index is 2.21. The Morgan fingerprint density at radius 3 is 2.42 bits per heavy atom. The fraction of sp³-hybridized carbons (Fsp3) is 0.0556. The SMILES string of the molecule is O=Nc1cn(-c2cccc(-c3ccccc3)c2)c(CO)c(Br)c1=O. The van der Waals surface area contributed by atoms with Crippen molar-refractivity contribution < 1.29 is 5.11 Å². The highest BCUT2D eigenvalue weighted by molar-refractivity contribution is 9.10. The maximum Gasteiger partial charge on any atom is 0.225 e. The lowest BCUT2D eigenvalue weighted by molar-refractivity contribution is 0.272. The maximum atomic E-state index is 12.0. The van der Waals surface area contributed by atoms with Gasteiger partial charge in [-0.2, -0.15) is 0 Å². The highest BCUT2D eigenvalue weighted by Crippen LogP contribution is 2.25. The van der Waals surface area contributed by atoms with Gasteiger partial charge in [-0.15, -0.1) is 4.91 Å². The normalized spacial score (nSPS) is 10.6. The smallest absolute Gasteiger partial charge is 0.225 e. The van der Waals surface area contributed by atoms with E-state index in [2.05, 4.69) is 21.1 Å². The van der Waals surface area contributed by atoms with Gasteiger partial charge < -0.3 is 9.67 Å². The second-order valence-electron chi connectivity index (χ2n) is 5.14. The van der Waals surface area contributed by atoms with Crippen LogP contribution in [0.5, 0.6) is 0 Å². The molecule has 0 radical (unpaired) electrons. The lowest BCUT2D eigenvalue weighted by Crippen LogP contribution is -2.14. The van der Waals surface area contributed by atoms with Gasteiger partial charge >= 0.3 is 0 Å². The number of pyridine rings is 1. The first-order valence-electron chi connectivity index (χ1n) is 7.20. The quantitative estimate of drug-likeness (QED) is 0.686. The van der Waals surface area contributed by atoms with Crippen LogP contribution in [0.4, 0.5) is 5.69 Å². The standard InChI is InChI=1S/C18H13BrN2O3/c19-17-16(11-22)21(10-15(20-24)18(17)23)14-8-4-7-13(9-14)12-5-2-1-3-6-12/h1-10,22H,11H2. The predicted octanol–water partition coefficient (Wildman–Crippen LogP) is 4.16. The zero-order valence-corrected chi connectivity index (χ0v) is 14.1. The molecule has 0 atom stereocenters. The molecule has 0 amide bonds. The Bertz CT molecular complexity index is 952. The predicted molar refractivity (Wildman–Crippen MR) is 96.6 cm³/mol. The first-order valence-corrected chi connectivity index (χ1v) is 7.99. The molecule has 0 fully saturated rings. The van der Waals surface area contributed by atoms with Crippen molar-refractivity contribution in [2.45, 2.75) is 6.61 Å². The van der Waals surface area contributed by atoms with E-state index >= 15 is 0 Å². The van der Waals surface area contributed by atoms with E-state index < -0.39 is 5.43 Å². The maximum absolute atomic E-state index is 12.0. The molecular weight excluding hydrogens is 372 g/mol. The van der Waals surface area contributed by atoms with Crippen LogP contribution in [0.15, 0.2) is 75.2 Å². The van der Waals surface area contributed by atoms with Crippen LogP contribution in [0.3, 0.4) is 0 Å². The van der Waals surface area contributed by atoms with Gasteiger partial charge in [0.2, 0.25) is 5.43 Å². The number of nitrogens with zero attached hydrogens (tertiary/aromatic N) is 2. The number of hydrogen-bond acceptors (Lipinski definition) is 4. The minimum Gasteiger partial charge on any atom is -0.390 e. The number of hydrogen-bond donors (Lipinski definition) is 1. The van der Waals surface area contributed by atoms with E-state index in [9.17, 15) is 14.8 Å². The highest BCUT2D eigenvalue weighted by atomic mass is 79.9. The van der Waals surface area contributed by atoms with Crippen LogP contribution in [0.25, 0.3) is 16.8 Å². The van der Waals surface area contributed by atoms with E-state index in [1.54, 1.807) is 4.57 Å². The third-order valence-electron chi connectivity index (χ3n) is 3.71. The van der Waals surface area contributed by atoms with Crippen molar-refractivity contribution in [1.29, 1.82) is 0 Å². The van der Waals surface area contributed by atoms with Gasteiger partial charge in [0, 0.05) is 11.9 Å². The van der Waals surface area contributed by atoms with Gasteiger partial charge in [-0.25, -0.2) is 0 Å². The van der Waals surface area contributed by atoms with Crippen LogP contribution in [0.2, 0.25) is 0 Å². The fourth-order valence-corrected chi connectivity index (χ4v) is 3.03. The zero-order valence-electron chi connectivity index (χ0n) is 12.5. The van der Waals surface area contributed by atoms with Crippen LogP contribution in [0.1, 0.15) is 5.69 Å². The van der Waals surface area contributed by atoms with Gasteiger partial charge in [0.1, 0.15) is 0 Å². The van der Waals surface area contributed by atoms with Crippen LogP contribution in [0, 0.1) is 4.91 Å². The first-order chi connectivity index (χ1) is 11.7. The molecule has 1 N–H and O–H groups in total. The van der Waals surface area contributed by atoms with E-state index in [0.717, 1.165) is 11.1 Å². The van der Waals surface area contributed by atoms with E-state index in [0.29, 0.717) is 11.4 Å². The second-order valence-corrected chi connectivity index (χ2v) is 5.93. The number of rotatable bonds is 4. The Kier molecular flexibility index (Phi) is 4.69. The molecule has 1 aromatic heterocycles. The first kappa shape index (κ1) is 16.3. The van der Waals surface area contributed by atoms with Crippen molar-refractivity contribution in [1.82, 2.24) is 4.57 Å². The van der Waals surface area contributed by atoms with Crippen LogP contribution in [-0.4, -0.2) is 9.67 Å². The topological polar surface area (TPSA) is 71.7 Å². The van der Waals surface area contributed by atoms with Crippen LogP contribution >= 0.6 is 15.9 Å². The van der Waals surface area contributed by atoms with Crippen LogP contribution in [-0.2, 0) is 6.61 Å². The summed E-state index contributed by atoms with van der Waals surface area (Å²) in [4.78, 5) is 22.9. The Morgan fingerprint density at radius 2 is 1.75 bits per heavy atom. The van der Waals surface area contributed by atoms with E-state index in [1.165, 1.54) is 6.20 Å². The molecule has 120 valence electrons. The number of halogens is 1. The molecule has 3 aromatic rings. The number of aromatic nitrogens is 1. The molecule has 0 saturated heterocycles. The molecule has 1 heterocycles. The molecule has 0 aliphatic heterocycles. The van der Waals surface area contributed by atoms with Crippen molar-refractivity contribution in [3.63, 3.8) is 0 Å². The van der Waals surface area contributed by atoms with Crippen molar-refractivity contribution in [2.24, 2.45) is 5.18 Å². The Hall–Kier alpha value is -2.57. The fourth-order valence-electron chi connectivity index (χ4n) is 2.51. The summed E-state index contributed by atoms with van der Waals surface area (Å²) in [7, 11) is 0. The second kappa shape index (κ2) is 6.90. The van der Waals surface area contributed by atoms with Crippen molar-refractivity contribution in [2.75, 3.05) is 0 Å². The summed E-state index contributed by atoms with van der Waals surface area (Å²) >= 11 is 3.15. The monoisotopic (exact) mass is 384 g/mol. The largest absolute Gasteiger partial charge is 0.390 e. The van der Waals surface area contributed by atoms with Crippen molar-refractivity contribution in [3.8, 4) is 16.8 Å². The summed E-state index contributed by atoms with van der Waals surface area (Å²) in [6.07, 6.45) is 1.34. The molecule has 2 aromatic carbocycles. The molecule has 0 aliphatic carbocycles. The van der Waals surface area contributed by atoms with Gasteiger partial charge in [-0.05, 0) is 44.4 Å². The molecule has 0 spiro atoms. The molecule has 24 heavy (non-hydrogen) atoms. The summed E-state index contributed by atoms with van der Waals surface area (Å²) in [6.45, 7) is -0.357. The average molecular weight is 385 g/mol. The molecule has 0 aliphatic rings. The van der Waals surface area contributed by atoms with Crippen LogP contribution < -0.4 is 5.43 Å². The van der Waals surface area contributed by atoms with Crippen molar-refractivity contribution in [3.05, 3.63) is 86.1 Å². The van der Waals surface area contributed by atoms with Gasteiger partial charge in [0.05, 0.1) is 16.8 Å². The highest BCUT2D eigenvalue weighted by Gasteiger charge is 2.15. The number of benzene rings is 2. The summed E-state index contributed by atoms with van der Waals surface area (Å²) < 4.78 is 1.72. The van der Waals surface area contributed by atoms with E-state index in [4.69, 9.17) is 0 Å². The third-order valence-corrected chi connectivity index (χ3v) is 4.52. The molecule has 6 heteroatoms. The van der Waals surface area contributed by atoms with E-state index in [-0.39, 0.29) is 16.8 Å². The average Bonchev–Trinajstić information content (AvgIpc) is 2.64. The minimum atomic E-state index is -0.537. The van der Waals surface area contributed by atoms with Gasteiger partial charge in [-0.1, -0.05) is 42.5 Å². The molecule has 5 nitrogen and oxygen atoms in total. The molecule has 3 rings (SSSR count). The summed E-state index contributed by atoms with van der Waals surface area (Å²) in [5.41, 5.74) is 2.34. The number of aliphatic hydroxyl groups is 1. The molecule has 0 saturated carbocycles. The van der Waals surface area contributed by atoms with Crippen molar-refractivity contribution >= 4 is 21.6 Å². The van der Waals surface area contributed by atoms with Gasteiger partial charge in [0.15, 0.2) is 5.69 Å². The molecule has 0 unspecified atom stereocenters. The Morgan fingerprint density at radius 1 is 1.04 bits per heavy atom. The minimum absolute atomic E-state index is 0.132. The molecular formula is C18H13BrN2O3. The summed E-state index contributed by atoms with van der Waals surface area (Å²) in [6, 6.07) is 17.4. The zero-order chi connectivity index (χ0) is 17.1. The Labute approximate surface area is 146 Å². The van der Waals surface area contributed by atoms with E-state index in [1.807, 2.05) is 54.6 Å². The number of nitroso groups, excluding NO2 is 1. The number of aliphatic hydroxyl groups excluding tert-OH is 1. The lowest BCUT2D eigenvalue weighted by Gasteiger charge is -2.15. The summed E-state index contributed by atoms with van der Waals surface area (Å²) in [5, 5.41) is 12.4. The van der Waals surface area contributed by atoms with Gasteiger partial charge in [0.25, 0.3) is 0 Å². The summed E-state index contributed by atoms with van der Waals surface area (Å²) in [5.74, 6) is 0. The molecule has 0 bridgehead atoms. The third kappa shape index (κ3) is 2.93. The van der Waals surface area contributed by atoms with Gasteiger partial charge in [-0.3, -0.25) is 4.79 Å². The lowest BCUT2D eigenvalue weighted by atomic mass is 10.1.